The van der Waals surface area contributed by atoms with E-state index in [-0.39, 0.29) is 11.3 Å². The summed E-state index contributed by atoms with van der Waals surface area (Å²) in [6, 6.07) is 8.10. The molecule has 0 aliphatic rings. The number of aryl methyl sites for hydroxylation is 1. The van der Waals surface area contributed by atoms with Crippen molar-refractivity contribution >= 4 is 44.6 Å². The summed E-state index contributed by atoms with van der Waals surface area (Å²) in [6.45, 7) is 1.80. The van der Waals surface area contributed by atoms with Gasteiger partial charge in [-0.1, -0.05) is 11.6 Å². The van der Waals surface area contributed by atoms with E-state index in [1.54, 1.807) is 31.2 Å². The van der Waals surface area contributed by atoms with E-state index in [9.17, 15) is 9.59 Å². The molecule has 0 aliphatic heterocycles. The average Bonchev–Trinajstić information content (AvgIpc) is 2.76. The molecule has 0 fully saturated rings. The number of carbonyl (C=O) groups excluding carboxylic acids is 1. The second-order valence-corrected chi connectivity index (χ2v) is 6.16. The first-order chi connectivity index (χ1) is 9.97. The lowest BCUT2D eigenvalue weighted by Gasteiger charge is -2.00. The molecule has 0 aliphatic carbocycles. The van der Waals surface area contributed by atoms with E-state index in [0.717, 1.165) is 10.9 Å². The van der Waals surface area contributed by atoms with Gasteiger partial charge in [0, 0.05) is 22.0 Å². The summed E-state index contributed by atoms with van der Waals surface area (Å²) >= 11 is 7.02. The quantitative estimate of drug-likeness (QED) is 0.711. The highest BCUT2D eigenvalue weighted by atomic mass is 35.5. The lowest BCUT2D eigenvalue weighted by atomic mass is 10.1. The Kier molecular flexibility index (Phi) is 3.31. The fourth-order valence-electron chi connectivity index (χ4n) is 2.24. The second-order valence-electron chi connectivity index (χ2n) is 4.70. The molecule has 2 aromatic heterocycles. The van der Waals surface area contributed by atoms with Crippen LogP contribution in [0.25, 0.3) is 10.2 Å². The van der Waals surface area contributed by atoms with E-state index in [2.05, 4.69) is 4.98 Å². The maximum Gasteiger partial charge on any atom is 0.249 e. The smallest absolute Gasteiger partial charge is 0.249 e. The second kappa shape index (κ2) is 5.02. The number of aromatic nitrogens is 1. The van der Waals surface area contributed by atoms with Crippen molar-refractivity contribution in [2.24, 2.45) is 0 Å². The van der Waals surface area contributed by atoms with E-state index >= 15 is 0 Å². The van der Waals surface area contributed by atoms with Crippen molar-refractivity contribution < 1.29 is 4.79 Å². The average molecular weight is 319 g/mol. The van der Waals surface area contributed by atoms with Crippen LogP contribution in [0.5, 0.6) is 0 Å². The summed E-state index contributed by atoms with van der Waals surface area (Å²) in [6.07, 6.45) is 0. The van der Waals surface area contributed by atoms with Crippen LogP contribution in [-0.4, -0.2) is 10.8 Å². The molecule has 0 bridgehead atoms. The van der Waals surface area contributed by atoms with Crippen LogP contribution in [0.2, 0.25) is 5.02 Å². The highest BCUT2D eigenvalue weighted by molar-refractivity contribution is 7.21. The van der Waals surface area contributed by atoms with Crippen molar-refractivity contribution in [3.05, 3.63) is 61.7 Å². The first-order valence-electron chi connectivity index (χ1n) is 6.19. The monoisotopic (exact) mass is 318 g/mol. The molecule has 0 saturated heterocycles. The molecule has 4 nitrogen and oxygen atoms in total. The van der Waals surface area contributed by atoms with Crippen molar-refractivity contribution in [2.45, 2.75) is 6.92 Å². The standard InChI is InChI=1S/C15H11ClN2O2S/c1-7-6-10(19)18-15-11(7)12(17)14(21-15)13(20)8-2-4-9(16)5-3-8/h2-6H,17H2,1H3,(H,18,19). The van der Waals surface area contributed by atoms with Crippen LogP contribution in [0, 0.1) is 6.92 Å². The molecule has 1 aromatic carbocycles. The van der Waals surface area contributed by atoms with Crippen molar-refractivity contribution in [1.82, 2.24) is 4.98 Å². The van der Waals surface area contributed by atoms with Gasteiger partial charge in [0.1, 0.15) is 9.71 Å². The molecule has 106 valence electrons. The highest BCUT2D eigenvalue weighted by Gasteiger charge is 2.19. The first-order valence-corrected chi connectivity index (χ1v) is 7.39. The third-order valence-corrected chi connectivity index (χ3v) is 4.61. The van der Waals surface area contributed by atoms with Gasteiger partial charge >= 0.3 is 0 Å². The Hall–Kier alpha value is -2.11. The minimum Gasteiger partial charge on any atom is -0.397 e. The topological polar surface area (TPSA) is 76.0 Å². The summed E-state index contributed by atoms with van der Waals surface area (Å²) in [4.78, 5) is 27.8. The van der Waals surface area contributed by atoms with Gasteiger partial charge in [0.25, 0.3) is 0 Å². The first kappa shape index (κ1) is 13.9. The number of nitrogen functional groups attached to an aromatic ring is 1. The summed E-state index contributed by atoms with van der Waals surface area (Å²) in [7, 11) is 0. The SMILES string of the molecule is Cc1cc(=O)[nH]c2sc(C(=O)c3ccc(Cl)cc3)c(N)c12. The molecule has 0 spiro atoms. The zero-order valence-corrected chi connectivity index (χ0v) is 12.6. The van der Waals surface area contributed by atoms with Crippen molar-refractivity contribution in [3.8, 4) is 0 Å². The highest BCUT2D eigenvalue weighted by Crippen LogP contribution is 2.35. The van der Waals surface area contributed by atoms with Crippen LogP contribution >= 0.6 is 22.9 Å². The van der Waals surface area contributed by atoms with Crippen LogP contribution in [0.3, 0.4) is 0 Å². The number of hydrogen-bond acceptors (Lipinski definition) is 4. The van der Waals surface area contributed by atoms with Crippen LogP contribution in [0.15, 0.2) is 35.1 Å². The molecule has 6 heteroatoms. The number of ketones is 1. The minimum absolute atomic E-state index is 0.175. The number of hydrogen-bond donors (Lipinski definition) is 2. The van der Waals surface area contributed by atoms with Gasteiger partial charge in [-0.2, -0.15) is 0 Å². The van der Waals surface area contributed by atoms with Gasteiger partial charge in [0.2, 0.25) is 11.3 Å². The molecule has 3 aromatic rings. The van der Waals surface area contributed by atoms with Gasteiger partial charge in [0.05, 0.1) is 5.69 Å². The minimum atomic E-state index is -0.202. The van der Waals surface area contributed by atoms with Crippen LogP contribution in [-0.2, 0) is 0 Å². The van der Waals surface area contributed by atoms with E-state index < -0.39 is 0 Å². The number of nitrogens with two attached hydrogens (primary N) is 1. The number of rotatable bonds is 2. The number of H-pyrrole nitrogens is 1. The Balaban J connectivity index is 2.19. The number of thiophene rings is 1. The molecule has 2 heterocycles. The normalized spacial score (nSPS) is 11.0. The molecule has 0 amide bonds. The predicted molar refractivity (Wildman–Crippen MR) is 86.5 cm³/mol. The molecule has 0 unspecified atom stereocenters. The molecular formula is C15H11ClN2O2S. The number of nitrogens with one attached hydrogen (secondary N) is 1. The Morgan fingerprint density at radius 3 is 2.62 bits per heavy atom. The Bertz CT molecular complexity index is 910. The summed E-state index contributed by atoms with van der Waals surface area (Å²) < 4.78 is 0. The fourth-order valence-corrected chi connectivity index (χ4v) is 3.52. The molecule has 21 heavy (non-hydrogen) atoms. The largest absolute Gasteiger partial charge is 0.397 e. The van der Waals surface area contributed by atoms with Gasteiger partial charge in [-0.05, 0) is 36.8 Å². The van der Waals surface area contributed by atoms with E-state index in [0.29, 0.717) is 26.0 Å². The Labute approximate surface area is 129 Å². The lowest BCUT2D eigenvalue weighted by Crippen LogP contribution is -2.04. The number of fused-ring (bicyclic) bond motifs is 1. The number of carbonyl (C=O) groups is 1. The third-order valence-electron chi connectivity index (χ3n) is 3.24. The number of halogens is 1. The number of pyridine rings is 1. The van der Waals surface area contributed by atoms with Crippen LogP contribution in [0.4, 0.5) is 5.69 Å². The molecule has 0 radical (unpaired) electrons. The molecule has 3 rings (SSSR count). The Morgan fingerprint density at radius 1 is 1.29 bits per heavy atom. The molecular weight excluding hydrogens is 308 g/mol. The summed E-state index contributed by atoms with van der Waals surface area (Å²) in [5.74, 6) is -0.175. The van der Waals surface area contributed by atoms with E-state index in [1.165, 1.54) is 17.4 Å². The van der Waals surface area contributed by atoms with E-state index in [1.807, 2.05) is 0 Å². The molecule has 0 saturated carbocycles. The lowest BCUT2D eigenvalue weighted by molar-refractivity contribution is 0.104. The van der Waals surface area contributed by atoms with Crippen LogP contribution < -0.4 is 11.3 Å². The predicted octanol–water partition coefficient (Wildman–Crippen LogP) is 3.36. The molecule has 0 atom stereocenters. The van der Waals surface area contributed by atoms with Gasteiger partial charge in [-0.25, -0.2) is 0 Å². The van der Waals surface area contributed by atoms with E-state index in [4.69, 9.17) is 17.3 Å². The number of aromatic amines is 1. The Morgan fingerprint density at radius 2 is 1.95 bits per heavy atom. The summed E-state index contributed by atoms with van der Waals surface area (Å²) in [5, 5.41) is 1.30. The zero-order valence-electron chi connectivity index (χ0n) is 11.1. The molecule has 3 N–H and O–H groups in total. The maximum atomic E-state index is 12.5. The summed E-state index contributed by atoms with van der Waals surface area (Å²) in [5.41, 5.74) is 7.58. The maximum absolute atomic E-state index is 12.5. The van der Waals surface area contributed by atoms with Crippen LogP contribution in [0.1, 0.15) is 20.8 Å². The van der Waals surface area contributed by atoms with Gasteiger partial charge in [-0.3, -0.25) is 9.59 Å². The van der Waals surface area contributed by atoms with Gasteiger partial charge < -0.3 is 10.7 Å². The van der Waals surface area contributed by atoms with Gasteiger partial charge in [0.15, 0.2) is 0 Å². The zero-order chi connectivity index (χ0) is 15.1. The van der Waals surface area contributed by atoms with Crippen molar-refractivity contribution in [2.75, 3.05) is 5.73 Å². The van der Waals surface area contributed by atoms with Crippen molar-refractivity contribution in [3.63, 3.8) is 0 Å². The third kappa shape index (κ3) is 2.34. The van der Waals surface area contributed by atoms with Gasteiger partial charge in [-0.15, -0.1) is 11.3 Å². The fraction of sp³-hybridized carbons (Fsp3) is 0.0667. The number of anilines is 1. The number of benzene rings is 1. The van der Waals surface area contributed by atoms with Crippen molar-refractivity contribution in [1.29, 1.82) is 0 Å².